The Labute approximate surface area is 180 Å². The smallest absolute Gasteiger partial charge is 0.256 e. The lowest BCUT2D eigenvalue weighted by Gasteiger charge is -2.20. The van der Waals surface area contributed by atoms with Gasteiger partial charge in [-0.05, 0) is 58.7 Å². The van der Waals surface area contributed by atoms with Gasteiger partial charge in [0.05, 0.1) is 33.6 Å². The van der Waals surface area contributed by atoms with E-state index < -0.39 is 0 Å². The van der Waals surface area contributed by atoms with Crippen LogP contribution in [0.4, 0.5) is 5.69 Å². The molecule has 1 aliphatic carbocycles. The number of nitrogens with zero attached hydrogens (tertiary/aromatic N) is 6. The van der Waals surface area contributed by atoms with Crippen LogP contribution in [0.15, 0.2) is 43.0 Å². The third kappa shape index (κ3) is 3.48. The maximum Gasteiger partial charge on any atom is 0.256 e. The van der Waals surface area contributed by atoms with Gasteiger partial charge in [0, 0.05) is 11.6 Å². The molecule has 0 atom stereocenters. The topological polar surface area (TPSA) is 90.5 Å². The number of amides is 1. The third-order valence-electron chi connectivity index (χ3n) is 5.53. The number of aromatic nitrogens is 6. The zero-order valence-electron chi connectivity index (χ0n) is 18.1. The van der Waals surface area contributed by atoms with Crippen LogP contribution in [0.1, 0.15) is 61.3 Å². The van der Waals surface area contributed by atoms with Gasteiger partial charge in [0.1, 0.15) is 12.7 Å². The van der Waals surface area contributed by atoms with Gasteiger partial charge in [-0.3, -0.25) is 4.79 Å². The summed E-state index contributed by atoms with van der Waals surface area (Å²) in [6.45, 7) is 8.22. The first-order chi connectivity index (χ1) is 14.8. The van der Waals surface area contributed by atoms with Crippen LogP contribution >= 0.6 is 0 Å². The monoisotopic (exact) mass is 415 g/mol. The number of carbonyl (C=O) groups is 1. The summed E-state index contributed by atoms with van der Waals surface area (Å²) in [6, 6.07) is 9.48. The molecule has 0 saturated heterocycles. The molecule has 31 heavy (non-hydrogen) atoms. The van der Waals surface area contributed by atoms with Gasteiger partial charge in [0.15, 0.2) is 5.65 Å². The van der Waals surface area contributed by atoms with Crippen molar-refractivity contribution >= 4 is 22.6 Å². The Bertz CT molecular complexity index is 1280. The molecule has 0 radical (unpaired) electrons. The summed E-state index contributed by atoms with van der Waals surface area (Å²) >= 11 is 0. The van der Waals surface area contributed by atoms with Gasteiger partial charge in [0.25, 0.3) is 5.91 Å². The predicted octanol–water partition coefficient (Wildman–Crippen LogP) is 4.21. The number of pyridine rings is 1. The summed E-state index contributed by atoms with van der Waals surface area (Å²) in [7, 11) is 0. The number of benzene rings is 1. The number of hydrogen-bond acceptors (Lipinski definition) is 5. The summed E-state index contributed by atoms with van der Waals surface area (Å²) in [5.74, 6) is 0.237. The Morgan fingerprint density at radius 3 is 2.65 bits per heavy atom. The second-order valence-electron chi connectivity index (χ2n) is 9.05. The fourth-order valence-electron chi connectivity index (χ4n) is 3.84. The number of aryl methyl sites for hydroxylation is 1. The van der Waals surface area contributed by atoms with E-state index in [0.717, 1.165) is 41.0 Å². The highest BCUT2D eigenvalue weighted by molar-refractivity contribution is 6.13. The highest BCUT2D eigenvalue weighted by Gasteiger charge is 2.30. The summed E-state index contributed by atoms with van der Waals surface area (Å²) in [6.07, 6.45) is 5.30. The minimum Gasteiger partial charge on any atom is -0.320 e. The largest absolute Gasteiger partial charge is 0.320 e. The third-order valence-corrected chi connectivity index (χ3v) is 5.53. The van der Waals surface area contributed by atoms with E-state index in [0.29, 0.717) is 17.2 Å². The van der Waals surface area contributed by atoms with E-state index in [1.807, 2.05) is 41.9 Å². The van der Waals surface area contributed by atoms with Crippen molar-refractivity contribution in [3.05, 3.63) is 59.9 Å². The Balaban J connectivity index is 1.62. The lowest BCUT2D eigenvalue weighted by molar-refractivity contribution is 0.102. The van der Waals surface area contributed by atoms with Crippen LogP contribution in [0, 0.1) is 6.92 Å². The van der Waals surface area contributed by atoms with E-state index in [1.165, 1.54) is 6.33 Å². The second-order valence-corrected chi connectivity index (χ2v) is 9.05. The Morgan fingerprint density at radius 1 is 1.19 bits per heavy atom. The molecule has 0 unspecified atom stereocenters. The first kappa shape index (κ1) is 19.4. The maximum absolute atomic E-state index is 13.5. The Kier molecular flexibility index (Phi) is 4.39. The van der Waals surface area contributed by atoms with Crippen LogP contribution in [0.2, 0.25) is 0 Å². The summed E-state index contributed by atoms with van der Waals surface area (Å²) in [5.41, 5.74) is 4.31. The molecule has 4 aromatic rings. The highest BCUT2D eigenvalue weighted by atomic mass is 16.1. The number of carbonyl (C=O) groups excluding carboxylic acids is 1. The normalized spacial score (nSPS) is 14.2. The van der Waals surface area contributed by atoms with Crippen molar-refractivity contribution in [2.75, 3.05) is 5.32 Å². The molecule has 1 amide bonds. The molecule has 1 saturated carbocycles. The first-order valence-electron chi connectivity index (χ1n) is 10.5. The molecular weight excluding hydrogens is 390 g/mol. The van der Waals surface area contributed by atoms with Crippen LogP contribution in [0.25, 0.3) is 16.7 Å². The number of hydrogen-bond donors (Lipinski definition) is 1. The van der Waals surface area contributed by atoms with Crippen LogP contribution in [0.5, 0.6) is 0 Å². The van der Waals surface area contributed by atoms with Crippen LogP contribution in [-0.2, 0) is 5.54 Å². The molecule has 8 heteroatoms. The van der Waals surface area contributed by atoms with Crippen molar-refractivity contribution in [3.63, 3.8) is 0 Å². The summed E-state index contributed by atoms with van der Waals surface area (Å²) in [4.78, 5) is 22.5. The van der Waals surface area contributed by atoms with Gasteiger partial charge in [-0.15, -0.1) is 0 Å². The Hall–Kier alpha value is -3.55. The van der Waals surface area contributed by atoms with Crippen LogP contribution in [-0.4, -0.2) is 35.4 Å². The first-order valence-corrected chi connectivity index (χ1v) is 10.5. The van der Waals surface area contributed by atoms with E-state index in [4.69, 9.17) is 10.1 Å². The molecular formula is C23H25N7O. The van der Waals surface area contributed by atoms with Gasteiger partial charge in [0.2, 0.25) is 0 Å². The quantitative estimate of drug-likeness (QED) is 0.539. The van der Waals surface area contributed by atoms with Crippen molar-refractivity contribution in [2.45, 2.75) is 52.0 Å². The molecule has 0 bridgehead atoms. The minimum absolute atomic E-state index is 0.182. The average molecular weight is 416 g/mol. The van der Waals surface area contributed by atoms with Crippen molar-refractivity contribution in [1.82, 2.24) is 29.5 Å². The fraction of sp³-hybridized carbons (Fsp3) is 0.348. The van der Waals surface area contributed by atoms with Crippen molar-refractivity contribution in [2.24, 2.45) is 0 Å². The Morgan fingerprint density at radius 2 is 1.97 bits per heavy atom. The van der Waals surface area contributed by atoms with Crippen LogP contribution in [0.3, 0.4) is 0 Å². The molecule has 1 aromatic carbocycles. The molecule has 1 fully saturated rings. The van der Waals surface area contributed by atoms with Gasteiger partial charge >= 0.3 is 0 Å². The van der Waals surface area contributed by atoms with Crippen molar-refractivity contribution in [3.8, 4) is 5.69 Å². The van der Waals surface area contributed by atoms with E-state index in [-0.39, 0.29) is 11.4 Å². The van der Waals surface area contributed by atoms with E-state index in [9.17, 15) is 4.79 Å². The molecule has 158 valence electrons. The number of anilines is 1. The second kappa shape index (κ2) is 7.01. The molecule has 0 spiro atoms. The standard InChI is InChI=1S/C23H25N7O/c1-14-20-16(11-18(15-9-10-15)26-21(20)30(28-14)23(2,3)4)22(31)27-17-7-5-6-8-19(17)29-13-24-12-25-29/h5-8,11-13,15H,9-10H2,1-4H3,(H,27,31). The molecule has 3 heterocycles. The zero-order valence-corrected chi connectivity index (χ0v) is 18.1. The van der Waals surface area contributed by atoms with Gasteiger partial charge in [-0.25, -0.2) is 19.3 Å². The SMILES string of the molecule is Cc1nn(C(C)(C)C)c2nc(C3CC3)cc(C(=O)Nc3ccccc3-n3cncn3)c12. The molecule has 1 N–H and O–H groups in total. The fourth-order valence-corrected chi connectivity index (χ4v) is 3.84. The predicted molar refractivity (Wildman–Crippen MR) is 119 cm³/mol. The molecule has 8 nitrogen and oxygen atoms in total. The number of fused-ring (bicyclic) bond motifs is 1. The zero-order chi connectivity index (χ0) is 21.8. The van der Waals surface area contributed by atoms with Gasteiger partial charge < -0.3 is 5.32 Å². The number of para-hydroxylation sites is 2. The van der Waals surface area contributed by atoms with Gasteiger partial charge in [-0.1, -0.05) is 12.1 Å². The lowest BCUT2D eigenvalue weighted by Crippen LogP contribution is -2.24. The lowest BCUT2D eigenvalue weighted by atomic mass is 10.1. The minimum atomic E-state index is -0.241. The molecule has 0 aliphatic heterocycles. The van der Waals surface area contributed by atoms with Crippen LogP contribution < -0.4 is 5.32 Å². The number of nitrogens with one attached hydrogen (secondary N) is 1. The van der Waals surface area contributed by atoms with E-state index in [2.05, 4.69) is 36.2 Å². The van der Waals surface area contributed by atoms with E-state index >= 15 is 0 Å². The summed E-state index contributed by atoms with van der Waals surface area (Å²) in [5, 5.41) is 12.8. The molecule has 5 rings (SSSR count). The maximum atomic E-state index is 13.5. The average Bonchev–Trinajstić information content (AvgIpc) is 3.33. The number of rotatable bonds is 4. The van der Waals surface area contributed by atoms with Gasteiger partial charge in [-0.2, -0.15) is 10.2 Å². The summed E-state index contributed by atoms with van der Waals surface area (Å²) < 4.78 is 3.57. The molecule has 3 aromatic heterocycles. The highest BCUT2D eigenvalue weighted by Crippen LogP contribution is 2.41. The molecule has 1 aliphatic rings. The van der Waals surface area contributed by atoms with E-state index in [1.54, 1.807) is 11.0 Å². The van der Waals surface area contributed by atoms with Crippen molar-refractivity contribution < 1.29 is 4.79 Å². The van der Waals surface area contributed by atoms with Crippen molar-refractivity contribution in [1.29, 1.82) is 0 Å².